The van der Waals surface area contributed by atoms with E-state index in [4.69, 9.17) is 0 Å². The van der Waals surface area contributed by atoms with Gasteiger partial charge in [0, 0.05) is 23.7 Å². The van der Waals surface area contributed by atoms with Crippen molar-refractivity contribution in [3.05, 3.63) is 59.7 Å². The predicted molar refractivity (Wildman–Crippen MR) is 75.8 cm³/mol. The van der Waals surface area contributed by atoms with Crippen LogP contribution in [-0.2, 0) is 7.05 Å². The first-order chi connectivity index (χ1) is 10.1. The summed E-state index contributed by atoms with van der Waals surface area (Å²) in [4.78, 5) is 12.4. The first-order valence-electron chi connectivity index (χ1n) is 6.31. The lowest BCUT2D eigenvalue weighted by Crippen LogP contribution is -2.02. The largest absolute Gasteiger partial charge is 0.508 e. The normalized spacial score (nSPS) is 10.5. The third kappa shape index (κ3) is 2.51. The molecule has 1 N–H and O–H groups in total. The fourth-order valence-corrected chi connectivity index (χ4v) is 2.05. The molecule has 0 aliphatic rings. The molecule has 0 radical (unpaired) electrons. The molecule has 3 aromatic rings. The highest BCUT2D eigenvalue weighted by Crippen LogP contribution is 2.19. The van der Waals surface area contributed by atoms with E-state index in [2.05, 4.69) is 15.5 Å². The van der Waals surface area contributed by atoms with Gasteiger partial charge in [0.2, 0.25) is 0 Å². The van der Waals surface area contributed by atoms with Gasteiger partial charge in [0.1, 0.15) is 5.75 Å². The Morgan fingerprint density at radius 2 is 1.86 bits per heavy atom. The molecule has 0 atom stereocenters. The molecule has 0 bridgehead atoms. The van der Waals surface area contributed by atoms with Gasteiger partial charge in [-0.25, -0.2) is 4.68 Å². The molecule has 104 valence electrons. The molecule has 0 aliphatic carbocycles. The van der Waals surface area contributed by atoms with Crippen LogP contribution in [0, 0.1) is 0 Å². The van der Waals surface area contributed by atoms with Gasteiger partial charge in [-0.2, -0.15) is 0 Å². The number of carbonyl (C=O) groups is 1. The summed E-state index contributed by atoms with van der Waals surface area (Å²) in [6.45, 7) is 0. The number of tetrazole rings is 1. The van der Waals surface area contributed by atoms with E-state index in [1.54, 1.807) is 42.1 Å². The summed E-state index contributed by atoms with van der Waals surface area (Å²) in [5, 5.41) is 20.6. The lowest BCUT2D eigenvalue weighted by Gasteiger charge is -2.04. The highest BCUT2D eigenvalue weighted by atomic mass is 16.3. The Labute approximate surface area is 120 Å². The van der Waals surface area contributed by atoms with Gasteiger partial charge in [0.05, 0.1) is 0 Å². The average molecular weight is 280 g/mol. The number of rotatable bonds is 3. The fourth-order valence-electron chi connectivity index (χ4n) is 2.05. The molecular formula is C15H12N4O2. The van der Waals surface area contributed by atoms with E-state index < -0.39 is 0 Å². The average Bonchev–Trinajstić information content (AvgIpc) is 2.94. The van der Waals surface area contributed by atoms with Crippen LogP contribution in [0.4, 0.5) is 0 Å². The molecule has 0 saturated heterocycles. The predicted octanol–water partition coefficient (Wildman–Crippen LogP) is 1.81. The Morgan fingerprint density at radius 1 is 1.10 bits per heavy atom. The highest BCUT2D eigenvalue weighted by molar-refractivity contribution is 6.09. The highest BCUT2D eigenvalue weighted by Gasteiger charge is 2.12. The molecule has 0 aliphatic heterocycles. The number of aromatic hydroxyl groups is 1. The Bertz CT molecular complexity index is 793. The molecule has 0 saturated carbocycles. The van der Waals surface area contributed by atoms with Gasteiger partial charge in [-0.15, -0.1) is 5.10 Å². The summed E-state index contributed by atoms with van der Waals surface area (Å²) in [7, 11) is 1.74. The molecule has 0 fully saturated rings. The molecule has 6 heteroatoms. The van der Waals surface area contributed by atoms with Crippen LogP contribution < -0.4 is 0 Å². The Kier molecular flexibility index (Phi) is 3.19. The first-order valence-corrected chi connectivity index (χ1v) is 6.31. The van der Waals surface area contributed by atoms with Crippen LogP contribution in [-0.4, -0.2) is 31.1 Å². The Balaban J connectivity index is 1.98. The van der Waals surface area contributed by atoms with E-state index in [1.165, 1.54) is 12.1 Å². The summed E-state index contributed by atoms with van der Waals surface area (Å²) >= 11 is 0. The number of phenolic OH excluding ortho intramolecular Hbond substituents is 1. The zero-order valence-corrected chi connectivity index (χ0v) is 11.3. The van der Waals surface area contributed by atoms with Gasteiger partial charge in [0.15, 0.2) is 11.6 Å². The molecule has 1 heterocycles. The van der Waals surface area contributed by atoms with Crippen LogP contribution >= 0.6 is 0 Å². The van der Waals surface area contributed by atoms with Crippen LogP contribution in [0.3, 0.4) is 0 Å². The van der Waals surface area contributed by atoms with Crippen molar-refractivity contribution in [3.63, 3.8) is 0 Å². The lowest BCUT2D eigenvalue weighted by molar-refractivity contribution is 0.103. The second-order valence-electron chi connectivity index (χ2n) is 4.58. The number of hydrogen-bond acceptors (Lipinski definition) is 5. The van der Waals surface area contributed by atoms with Crippen molar-refractivity contribution >= 4 is 5.78 Å². The maximum atomic E-state index is 12.4. The van der Waals surface area contributed by atoms with Crippen molar-refractivity contribution in [3.8, 4) is 17.1 Å². The number of aryl methyl sites for hydroxylation is 1. The van der Waals surface area contributed by atoms with Crippen molar-refractivity contribution in [1.82, 2.24) is 20.2 Å². The third-order valence-corrected chi connectivity index (χ3v) is 3.13. The minimum Gasteiger partial charge on any atom is -0.508 e. The van der Waals surface area contributed by atoms with Crippen LogP contribution in [0.5, 0.6) is 5.75 Å². The van der Waals surface area contributed by atoms with Crippen LogP contribution in [0.25, 0.3) is 11.4 Å². The van der Waals surface area contributed by atoms with Gasteiger partial charge in [-0.3, -0.25) is 4.79 Å². The molecule has 21 heavy (non-hydrogen) atoms. The standard InChI is InChI=1S/C15H12N4O2/c1-19-15(16-17-18-19)12-4-2-3-11(9-12)14(21)10-5-7-13(20)8-6-10/h2-9,20H,1H3. The SMILES string of the molecule is Cn1nnnc1-c1cccc(C(=O)c2ccc(O)cc2)c1. The smallest absolute Gasteiger partial charge is 0.193 e. The zero-order chi connectivity index (χ0) is 14.8. The number of phenols is 1. The molecule has 2 aromatic carbocycles. The molecule has 0 spiro atoms. The van der Waals surface area contributed by atoms with Crippen LogP contribution in [0.15, 0.2) is 48.5 Å². The van der Waals surface area contributed by atoms with E-state index in [0.29, 0.717) is 17.0 Å². The third-order valence-electron chi connectivity index (χ3n) is 3.13. The van der Waals surface area contributed by atoms with Gasteiger partial charge in [0.25, 0.3) is 0 Å². The van der Waals surface area contributed by atoms with Gasteiger partial charge in [-0.05, 0) is 40.8 Å². The molecule has 3 rings (SSSR count). The van der Waals surface area contributed by atoms with Crippen molar-refractivity contribution in [2.75, 3.05) is 0 Å². The summed E-state index contributed by atoms with van der Waals surface area (Å²) in [5.74, 6) is 0.604. The molecule has 1 aromatic heterocycles. The van der Waals surface area contributed by atoms with Crippen LogP contribution in [0.2, 0.25) is 0 Å². The first kappa shape index (κ1) is 13.0. The number of ketones is 1. The van der Waals surface area contributed by atoms with Gasteiger partial charge >= 0.3 is 0 Å². The second kappa shape index (κ2) is 5.16. The maximum Gasteiger partial charge on any atom is 0.193 e. The Morgan fingerprint density at radius 3 is 2.52 bits per heavy atom. The summed E-state index contributed by atoms with van der Waals surface area (Å²) < 4.78 is 1.55. The van der Waals surface area contributed by atoms with E-state index in [0.717, 1.165) is 5.56 Å². The van der Waals surface area contributed by atoms with E-state index in [9.17, 15) is 9.90 Å². The van der Waals surface area contributed by atoms with Crippen LogP contribution in [0.1, 0.15) is 15.9 Å². The van der Waals surface area contributed by atoms with Gasteiger partial charge in [-0.1, -0.05) is 18.2 Å². The number of hydrogen-bond donors (Lipinski definition) is 1. The number of benzene rings is 2. The second-order valence-corrected chi connectivity index (χ2v) is 4.58. The fraction of sp³-hybridized carbons (Fsp3) is 0.0667. The summed E-state index contributed by atoms with van der Waals surface area (Å²) in [6.07, 6.45) is 0. The molecule has 6 nitrogen and oxygen atoms in total. The van der Waals surface area contributed by atoms with E-state index in [-0.39, 0.29) is 11.5 Å². The molecule has 0 amide bonds. The van der Waals surface area contributed by atoms with Crippen molar-refractivity contribution in [2.24, 2.45) is 7.05 Å². The number of nitrogens with zero attached hydrogens (tertiary/aromatic N) is 4. The monoisotopic (exact) mass is 280 g/mol. The number of carbonyl (C=O) groups excluding carboxylic acids is 1. The van der Waals surface area contributed by atoms with Gasteiger partial charge < -0.3 is 5.11 Å². The van der Waals surface area contributed by atoms with E-state index in [1.807, 2.05) is 6.07 Å². The quantitative estimate of drug-likeness (QED) is 0.740. The maximum absolute atomic E-state index is 12.4. The minimum atomic E-state index is -0.119. The number of aromatic nitrogens is 4. The Hall–Kier alpha value is -3.02. The lowest BCUT2D eigenvalue weighted by atomic mass is 10.0. The summed E-state index contributed by atoms with van der Waals surface area (Å²) in [6, 6.07) is 13.3. The van der Waals surface area contributed by atoms with Crippen molar-refractivity contribution in [2.45, 2.75) is 0 Å². The molecular weight excluding hydrogens is 268 g/mol. The summed E-state index contributed by atoms with van der Waals surface area (Å²) in [5.41, 5.74) is 1.83. The van der Waals surface area contributed by atoms with E-state index >= 15 is 0 Å². The minimum absolute atomic E-state index is 0.119. The van der Waals surface area contributed by atoms with Crippen molar-refractivity contribution < 1.29 is 9.90 Å². The zero-order valence-electron chi connectivity index (χ0n) is 11.3. The molecule has 0 unspecified atom stereocenters. The van der Waals surface area contributed by atoms with Crippen molar-refractivity contribution in [1.29, 1.82) is 0 Å². The topological polar surface area (TPSA) is 80.9 Å².